The summed E-state index contributed by atoms with van der Waals surface area (Å²) in [7, 11) is 0. The Morgan fingerprint density at radius 2 is 1.93 bits per heavy atom. The molecular weight excluding hydrogens is 349 g/mol. The number of carbonyl (C=O) groups is 2. The van der Waals surface area contributed by atoms with Crippen molar-refractivity contribution >= 4 is 11.8 Å². The van der Waals surface area contributed by atoms with E-state index in [9.17, 15) is 14.0 Å². The summed E-state index contributed by atoms with van der Waals surface area (Å²) in [5, 5.41) is 2.99. The highest BCUT2D eigenvalue weighted by atomic mass is 19.1. The van der Waals surface area contributed by atoms with Crippen LogP contribution in [-0.2, 0) is 20.7 Å². The topological polar surface area (TPSA) is 61.9 Å². The van der Waals surface area contributed by atoms with E-state index < -0.39 is 0 Å². The minimum absolute atomic E-state index is 0.0152. The van der Waals surface area contributed by atoms with Gasteiger partial charge in [-0.25, -0.2) is 4.39 Å². The van der Waals surface area contributed by atoms with Crippen molar-refractivity contribution in [3.8, 4) is 0 Å². The lowest BCUT2D eigenvalue weighted by Gasteiger charge is -2.26. The van der Waals surface area contributed by atoms with Crippen molar-refractivity contribution in [2.45, 2.75) is 31.7 Å². The molecule has 0 bridgehead atoms. The SMILES string of the molecule is O=C(CCCN1CCOCC1)NC1CC(=O)N(CCc2ccc(F)cc2)C1. The van der Waals surface area contributed by atoms with E-state index in [2.05, 4.69) is 10.2 Å². The van der Waals surface area contributed by atoms with Crippen molar-refractivity contribution in [3.63, 3.8) is 0 Å². The maximum absolute atomic E-state index is 12.9. The second-order valence-electron chi connectivity index (χ2n) is 7.24. The molecule has 0 spiro atoms. The lowest BCUT2D eigenvalue weighted by Crippen LogP contribution is -2.39. The molecule has 2 fully saturated rings. The summed E-state index contributed by atoms with van der Waals surface area (Å²) < 4.78 is 18.3. The number of likely N-dealkylation sites (tertiary alicyclic amines) is 1. The monoisotopic (exact) mass is 377 g/mol. The van der Waals surface area contributed by atoms with Gasteiger partial charge in [0.05, 0.1) is 19.3 Å². The average molecular weight is 377 g/mol. The van der Waals surface area contributed by atoms with Crippen LogP contribution in [0.2, 0.25) is 0 Å². The Balaban J connectivity index is 1.34. The number of hydrogen-bond acceptors (Lipinski definition) is 4. The Kier molecular flexibility index (Phi) is 7.18. The first-order chi connectivity index (χ1) is 13.1. The minimum atomic E-state index is -0.257. The van der Waals surface area contributed by atoms with E-state index in [1.54, 1.807) is 17.0 Å². The molecule has 0 saturated carbocycles. The number of nitrogens with one attached hydrogen (secondary N) is 1. The zero-order valence-electron chi connectivity index (χ0n) is 15.7. The summed E-state index contributed by atoms with van der Waals surface area (Å²) in [5.74, 6) is -0.176. The van der Waals surface area contributed by atoms with Gasteiger partial charge >= 0.3 is 0 Å². The summed E-state index contributed by atoms with van der Waals surface area (Å²) >= 11 is 0. The van der Waals surface area contributed by atoms with Gasteiger partial charge in [0.1, 0.15) is 5.82 Å². The first-order valence-corrected chi connectivity index (χ1v) is 9.72. The normalized spacial score (nSPS) is 20.9. The van der Waals surface area contributed by atoms with Gasteiger partial charge in [0.2, 0.25) is 11.8 Å². The van der Waals surface area contributed by atoms with Crippen molar-refractivity contribution in [3.05, 3.63) is 35.6 Å². The number of benzene rings is 1. The predicted molar refractivity (Wildman–Crippen MR) is 99.7 cm³/mol. The summed E-state index contributed by atoms with van der Waals surface area (Å²) in [6.07, 6.45) is 2.35. The molecule has 0 aromatic heterocycles. The van der Waals surface area contributed by atoms with Crippen LogP contribution < -0.4 is 5.32 Å². The summed E-state index contributed by atoms with van der Waals surface area (Å²) in [4.78, 5) is 28.4. The number of ether oxygens (including phenoxy) is 1. The number of rotatable bonds is 8. The molecule has 2 saturated heterocycles. The van der Waals surface area contributed by atoms with Crippen LogP contribution in [0, 0.1) is 5.82 Å². The van der Waals surface area contributed by atoms with Gasteiger partial charge in [-0.2, -0.15) is 0 Å². The first-order valence-electron chi connectivity index (χ1n) is 9.72. The van der Waals surface area contributed by atoms with E-state index in [0.29, 0.717) is 32.4 Å². The number of nitrogens with zero attached hydrogens (tertiary/aromatic N) is 2. The van der Waals surface area contributed by atoms with Gasteiger partial charge in [0.25, 0.3) is 0 Å². The van der Waals surface area contributed by atoms with Crippen LogP contribution in [0.15, 0.2) is 24.3 Å². The van der Waals surface area contributed by atoms with Gasteiger partial charge in [-0.3, -0.25) is 14.5 Å². The van der Waals surface area contributed by atoms with E-state index >= 15 is 0 Å². The Labute approximate surface area is 159 Å². The molecule has 1 unspecified atom stereocenters. The molecule has 2 aliphatic heterocycles. The molecule has 6 nitrogen and oxygen atoms in total. The summed E-state index contributed by atoms with van der Waals surface area (Å²) in [6, 6.07) is 6.23. The molecule has 27 heavy (non-hydrogen) atoms. The molecule has 7 heteroatoms. The molecule has 2 aliphatic rings. The molecule has 1 aromatic rings. The van der Waals surface area contributed by atoms with Crippen LogP contribution in [0.25, 0.3) is 0 Å². The molecule has 148 valence electrons. The van der Waals surface area contributed by atoms with Gasteiger partial charge in [-0.05, 0) is 37.1 Å². The fraction of sp³-hybridized carbons (Fsp3) is 0.600. The highest BCUT2D eigenvalue weighted by Gasteiger charge is 2.30. The molecule has 3 rings (SSSR count). The lowest BCUT2D eigenvalue weighted by atomic mass is 10.1. The molecule has 1 atom stereocenters. The maximum atomic E-state index is 12.9. The Morgan fingerprint density at radius 1 is 1.19 bits per heavy atom. The molecule has 0 radical (unpaired) electrons. The van der Waals surface area contributed by atoms with Crippen LogP contribution in [0.5, 0.6) is 0 Å². The third-order valence-corrected chi connectivity index (χ3v) is 5.15. The zero-order valence-corrected chi connectivity index (χ0v) is 15.7. The van der Waals surface area contributed by atoms with Gasteiger partial charge in [-0.1, -0.05) is 12.1 Å². The quantitative estimate of drug-likeness (QED) is 0.740. The molecule has 1 aromatic carbocycles. The van der Waals surface area contributed by atoms with Crippen LogP contribution in [0.1, 0.15) is 24.8 Å². The molecule has 2 heterocycles. The molecule has 0 aliphatic carbocycles. The van der Waals surface area contributed by atoms with Gasteiger partial charge in [0, 0.05) is 39.0 Å². The van der Waals surface area contributed by atoms with Crippen molar-refractivity contribution in [1.82, 2.24) is 15.1 Å². The number of morpholine rings is 1. The maximum Gasteiger partial charge on any atom is 0.224 e. The zero-order chi connectivity index (χ0) is 19.1. The largest absolute Gasteiger partial charge is 0.379 e. The highest BCUT2D eigenvalue weighted by molar-refractivity contribution is 5.82. The molecule has 1 N–H and O–H groups in total. The van der Waals surface area contributed by atoms with Crippen molar-refractivity contribution in [1.29, 1.82) is 0 Å². The van der Waals surface area contributed by atoms with E-state index in [-0.39, 0.29) is 23.7 Å². The second-order valence-corrected chi connectivity index (χ2v) is 7.24. The van der Waals surface area contributed by atoms with E-state index in [1.807, 2.05) is 0 Å². The van der Waals surface area contributed by atoms with Crippen molar-refractivity contribution < 1.29 is 18.7 Å². The third-order valence-electron chi connectivity index (χ3n) is 5.15. The summed E-state index contributed by atoms with van der Waals surface area (Å²) in [5.41, 5.74) is 1.000. The van der Waals surface area contributed by atoms with Crippen LogP contribution >= 0.6 is 0 Å². The average Bonchev–Trinajstić information content (AvgIpc) is 3.01. The smallest absolute Gasteiger partial charge is 0.224 e. The van der Waals surface area contributed by atoms with Crippen LogP contribution in [0.3, 0.4) is 0 Å². The fourth-order valence-electron chi connectivity index (χ4n) is 3.59. The fourth-order valence-corrected chi connectivity index (χ4v) is 3.59. The van der Waals surface area contributed by atoms with E-state index in [0.717, 1.165) is 44.8 Å². The molecular formula is C20H28FN3O3. The van der Waals surface area contributed by atoms with Crippen molar-refractivity contribution in [2.75, 3.05) is 45.9 Å². The van der Waals surface area contributed by atoms with Crippen LogP contribution in [-0.4, -0.2) is 73.6 Å². The third kappa shape index (κ3) is 6.29. The van der Waals surface area contributed by atoms with E-state index in [4.69, 9.17) is 4.74 Å². The standard InChI is InChI=1S/C20H28FN3O3/c21-17-5-3-16(4-6-17)7-9-24-15-18(14-20(24)26)22-19(25)2-1-8-23-10-12-27-13-11-23/h3-6,18H,1-2,7-15H2,(H,22,25). The number of carbonyl (C=O) groups excluding carboxylic acids is 2. The second kappa shape index (κ2) is 9.80. The van der Waals surface area contributed by atoms with Gasteiger partial charge < -0.3 is 15.0 Å². The minimum Gasteiger partial charge on any atom is -0.379 e. The van der Waals surface area contributed by atoms with E-state index in [1.165, 1.54) is 12.1 Å². The van der Waals surface area contributed by atoms with Crippen LogP contribution in [0.4, 0.5) is 4.39 Å². The van der Waals surface area contributed by atoms with Crippen molar-refractivity contribution in [2.24, 2.45) is 0 Å². The number of amides is 2. The number of halogens is 1. The Hall–Kier alpha value is -1.99. The van der Waals surface area contributed by atoms with Gasteiger partial charge in [0.15, 0.2) is 0 Å². The Morgan fingerprint density at radius 3 is 2.67 bits per heavy atom. The molecule has 2 amide bonds. The number of hydrogen-bond donors (Lipinski definition) is 1. The lowest BCUT2D eigenvalue weighted by molar-refractivity contribution is -0.127. The van der Waals surface area contributed by atoms with Gasteiger partial charge in [-0.15, -0.1) is 0 Å². The summed E-state index contributed by atoms with van der Waals surface area (Å²) in [6.45, 7) is 5.45. The predicted octanol–water partition coefficient (Wildman–Crippen LogP) is 1.20. The first kappa shape index (κ1) is 19.8. The Bertz CT molecular complexity index is 632. The highest BCUT2D eigenvalue weighted by Crippen LogP contribution is 2.13.